The molecule has 2 aromatic carbocycles. The zero-order valence-corrected chi connectivity index (χ0v) is 13.5. The minimum Gasteiger partial charge on any atom is -0.439 e. The maximum absolute atomic E-state index is 6.36. The Balaban J connectivity index is 1.44. The van der Waals surface area contributed by atoms with Gasteiger partial charge in [0.1, 0.15) is 0 Å². The average molecular weight is 319 g/mol. The van der Waals surface area contributed by atoms with Crippen LogP contribution in [0.1, 0.15) is 17.4 Å². The predicted molar refractivity (Wildman–Crippen MR) is 94.4 cm³/mol. The summed E-state index contributed by atoms with van der Waals surface area (Å²) in [6.45, 7) is 2.50. The number of likely N-dealkylation sites (tertiary alicyclic amines) is 1. The Kier molecular flexibility index (Phi) is 4.15. The topological polar surface area (TPSA) is 55.3 Å². The summed E-state index contributed by atoms with van der Waals surface area (Å²) in [6.07, 6.45) is 1.80. The molecule has 4 nitrogen and oxygen atoms in total. The molecule has 0 saturated carbocycles. The fourth-order valence-corrected chi connectivity index (χ4v) is 3.41. The van der Waals surface area contributed by atoms with Gasteiger partial charge < -0.3 is 10.2 Å². The number of benzene rings is 2. The summed E-state index contributed by atoms with van der Waals surface area (Å²) in [5, 5.41) is 0. The lowest BCUT2D eigenvalue weighted by molar-refractivity contribution is 0.287. The molecule has 1 aliphatic heterocycles. The average Bonchev–Trinajstić information content (AvgIpc) is 3.23. The van der Waals surface area contributed by atoms with Crippen molar-refractivity contribution in [3.05, 3.63) is 78.3 Å². The first-order valence-corrected chi connectivity index (χ1v) is 8.32. The Morgan fingerprint density at radius 3 is 2.46 bits per heavy atom. The van der Waals surface area contributed by atoms with E-state index in [4.69, 9.17) is 10.2 Å². The summed E-state index contributed by atoms with van der Waals surface area (Å²) in [5.74, 6) is 1.93. The van der Waals surface area contributed by atoms with Gasteiger partial charge in [-0.1, -0.05) is 60.7 Å². The van der Waals surface area contributed by atoms with E-state index in [9.17, 15) is 0 Å². The van der Waals surface area contributed by atoms with Gasteiger partial charge in [-0.05, 0) is 5.56 Å². The molecule has 122 valence electrons. The predicted octanol–water partition coefficient (Wildman–Crippen LogP) is 3.27. The van der Waals surface area contributed by atoms with Gasteiger partial charge in [-0.2, -0.15) is 0 Å². The first-order valence-electron chi connectivity index (χ1n) is 8.32. The van der Waals surface area contributed by atoms with Gasteiger partial charge in [0.15, 0.2) is 5.76 Å². The second kappa shape index (κ2) is 6.59. The Labute approximate surface area is 141 Å². The van der Waals surface area contributed by atoms with Gasteiger partial charge in [0.25, 0.3) is 0 Å². The molecule has 0 unspecified atom stereocenters. The van der Waals surface area contributed by atoms with Crippen LogP contribution in [0.5, 0.6) is 0 Å². The molecule has 1 saturated heterocycles. The maximum Gasteiger partial charge on any atom is 0.209 e. The van der Waals surface area contributed by atoms with Crippen molar-refractivity contribution >= 4 is 0 Å². The van der Waals surface area contributed by atoms with Gasteiger partial charge in [0.2, 0.25) is 5.89 Å². The number of hydrogen-bond donors (Lipinski definition) is 1. The Hall–Kier alpha value is -2.43. The summed E-state index contributed by atoms with van der Waals surface area (Å²) >= 11 is 0. The van der Waals surface area contributed by atoms with Gasteiger partial charge in [-0.15, -0.1) is 0 Å². The molecule has 4 heteroatoms. The normalized spacial score (nSPS) is 21.2. The number of hydrogen-bond acceptors (Lipinski definition) is 4. The minimum atomic E-state index is 0.149. The lowest BCUT2D eigenvalue weighted by Gasteiger charge is -2.14. The first kappa shape index (κ1) is 15.1. The van der Waals surface area contributed by atoms with Crippen molar-refractivity contribution in [3.63, 3.8) is 0 Å². The third kappa shape index (κ3) is 3.11. The molecule has 1 fully saturated rings. The summed E-state index contributed by atoms with van der Waals surface area (Å²) < 4.78 is 5.91. The summed E-state index contributed by atoms with van der Waals surface area (Å²) in [5.41, 5.74) is 8.72. The van der Waals surface area contributed by atoms with Gasteiger partial charge >= 0.3 is 0 Å². The van der Waals surface area contributed by atoms with E-state index in [-0.39, 0.29) is 6.04 Å². The molecule has 2 N–H and O–H groups in total. The van der Waals surface area contributed by atoms with Crippen LogP contribution in [-0.4, -0.2) is 29.0 Å². The van der Waals surface area contributed by atoms with Crippen LogP contribution in [0.4, 0.5) is 0 Å². The van der Waals surface area contributed by atoms with Gasteiger partial charge in [-0.25, -0.2) is 4.98 Å². The Morgan fingerprint density at radius 2 is 1.71 bits per heavy atom. The molecule has 24 heavy (non-hydrogen) atoms. The smallest absolute Gasteiger partial charge is 0.209 e. The van der Waals surface area contributed by atoms with Crippen LogP contribution in [0.3, 0.4) is 0 Å². The van der Waals surface area contributed by atoms with Crippen LogP contribution >= 0.6 is 0 Å². The molecule has 4 rings (SSSR count). The summed E-state index contributed by atoms with van der Waals surface area (Å²) in [4.78, 5) is 6.75. The third-order valence-electron chi connectivity index (χ3n) is 4.64. The number of nitrogens with zero attached hydrogens (tertiary/aromatic N) is 2. The largest absolute Gasteiger partial charge is 0.439 e. The molecule has 2 atom stereocenters. The number of nitrogens with two attached hydrogens (primary N) is 1. The zero-order valence-electron chi connectivity index (χ0n) is 13.5. The molecule has 1 aromatic heterocycles. The van der Waals surface area contributed by atoms with Crippen molar-refractivity contribution in [3.8, 4) is 11.3 Å². The summed E-state index contributed by atoms with van der Waals surface area (Å²) in [7, 11) is 0. The fourth-order valence-electron chi connectivity index (χ4n) is 3.41. The fraction of sp³-hybridized carbons (Fsp3) is 0.250. The summed E-state index contributed by atoms with van der Waals surface area (Å²) in [6, 6.07) is 20.7. The highest BCUT2D eigenvalue weighted by molar-refractivity contribution is 5.55. The van der Waals surface area contributed by atoms with E-state index in [2.05, 4.69) is 34.1 Å². The van der Waals surface area contributed by atoms with Gasteiger partial charge in [0.05, 0.1) is 12.7 Å². The molecule has 1 aliphatic rings. The van der Waals surface area contributed by atoms with E-state index in [0.717, 1.165) is 30.3 Å². The van der Waals surface area contributed by atoms with Crippen LogP contribution in [-0.2, 0) is 6.54 Å². The van der Waals surface area contributed by atoms with E-state index in [1.165, 1.54) is 5.56 Å². The molecule has 0 amide bonds. The second-order valence-corrected chi connectivity index (χ2v) is 6.36. The van der Waals surface area contributed by atoms with Gasteiger partial charge in [-0.3, -0.25) is 4.90 Å². The minimum absolute atomic E-state index is 0.149. The zero-order chi connectivity index (χ0) is 16.4. The van der Waals surface area contributed by atoms with Gasteiger partial charge in [0, 0.05) is 30.6 Å². The van der Waals surface area contributed by atoms with Crippen molar-refractivity contribution in [1.29, 1.82) is 0 Å². The van der Waals surface area contributed by atoms with E-state index < -0.39 is 0 Å². The van der Waals surface area contributed by atoms with E-state index in [1.807, 2.05) is 36.4 Å². The van der Waals surface area contributed by atoms with E-state index in [1.54, 1.807) is 6.20 Å². The molecule has 0 spiro atoms. The van der Waals surface area contributed by atoms with Crippen molar-refractivity contribution in [2.75, 3.05) is 13.1 Å². The third-order valence-corrected chi connectivity index (χ3v) is 4.64. The van der Waals surface area contributed by atoms with Crippen molar-refractivity contribution in [2.45, 2.75) is 18.5 Å². The number of rotatable bonds is 4. The highest BCUT2D eigenvalue weighted by Crippen LogP contribution is 2.28. The molecule has 0 radical (unpaired) electrons. The first-order chi connectivity index (χ1) is 11.8. The monoisotopic (exact) mass is 319 g/mol. The molecular weight excluding hydrogens is 298 g/mol. The quantitative estimate of drug-likeness (QED) is 0.802. The maximum atomic E-state index is 6.36. The van der Waals surface area contributed by atoms with E-state index >= 15 is 0 Å². The molecule has 3 aromatic rings. The van der Waals surface area contributed by atoms with Crippen molar-refractivity contribution in [2.24, 2.45) is 5.73 Å². The lowest BCUT2D eigenvalue weighted by Crippen LogP contribution is -2.28. The molecule has 0 aliphatic carbocycles. The van der Waals surface area contributed by atoms with Crippen LogP contribution in [0.2, 0.25) is 0 Å². The molecular formula is C20H21N3O. The SMILES string of the molecule is N[C@@H]1CN(Cc2ncc(-c3ccccc3)o2)C[C@H]1c1ccccc1. The van der Waals surface area contributed by atoms with Crippen molar-refractivity contribution < 1.29 is 4.42 Å². The van der Waals surface area contributed by atoms with Crippen molar-refractivity contribution in [1.82, 2.24) is 9.88 Å². The standard InChI is InChI=1S/C20H21N3O/c21-18-13-23(12-17(18)15-7-3-1-4-8-15)14-20-22-11-19(24-20)16-9-5-2-6-10-16/h1-11,17-18H,12-14,21H2/t17-,18+/m0/s1. The van der Waals surface area contributed by atoms with Crippen LogP contribution in [0.15, 0.2) is 71.3 Å². The van der Waals surface area contributed by atoms with Crippen LogP contribution in [0, 0.1) is 0 Å². The second-order valence-electron chi connectivity index (χ2n) is 6.36. The highest BCUT2D eigenvalue weighted by atomic mass is 16.4. The number of oxazole rings is 1. The highest BCUT2D eigenvalue weighted by Gasteiger charge is 2.31. The molecule has 2 heterocycles. The number of aromatic nitrogens is 1. The Morgan fingerprint density at radius 1 is 1.00 bits per heavy atom. The molecule has 0 bridgehead atoms. The van der Waals surface area contributed by atoms with Crippen LogP contribution in [0.25, 0.3) is 11.3 Å². The van der Waals surface area contributed by atoms with Crippen LogP contribution < -0.4 is 5.73 Å². The van der Waals surface area contributed by atoms with E-state index in [0.29, 0.717) is 12.5 Å². The Bertz CT molecular complexity index is 785. The lowest BCUT2D eigenvalue weighted by atomic mass is 9.95.